The van der Waals surface area contributed by atoms with Crippen molar-refractivity contribution >= 4 is 42.9 Å². The van der Waals surface area contributed by atoms with Crippen molar-refractivity contribution in [2.24, 2.45) is 0 Å². The van der Waals surface area contributed by atoms with Gasteiger partial charge in [-0.05, 0) is 71.6 Å². The van der Waals surface area contributed by atoms with Gasteiger partial charge in [-0.2, -0.15) is 39.5 Å². The van der Waals surface area contributed by atoms with Gasteiger partial charge in [0.25, 0.3) is 0 Å². The lowest BCUT2D eigenvalue weighted by Crippen LogP contribution is -2.40. The van der Waals surface area contributed by atoms with Gasteiger partial charge in [-0.15, -0.1) is 10.2 Å². The van der Waals surface area contributed by atoms with Gasteiger partial charge in [-0.3, -0.25) is 14.3 Å². The molecule has 0 bridgehead atoms. The molecule has 2 aromatic heterocycles. The fraction of sp³-hybridized carbons (Fsp3) is 0.306. The number of fused-ring (bicyclic) bond motifs is 3. The summed E-state index contributed by atoms with van der Waals surface area (Å²) in [6, 6.07) is 10.4. The lowest BCUT2D eigenvalue weighted by Gasteiger charge is -2.35. The Morgan fingerprint density at radius 1 is 0.700 bits per heavy atom. The zero-order valence-corrected chi connectivity index (χ0v) is 32.9. The number of nitrogens with zero attached hydrogens (tertiary/aromatic N) is 6. The van der Waals surface area contributed by atoms with E-state index in [0.717, 1.165) is 28.8 Å². The molecule has 0 saturated carbocycles. The molecule has 13 nitrogen and oxygen atoms in total. The van der Waals surface area contributed by atoms with Crippen molar-refractivity contribution in [1.82, 2.24) is 24.6 Å². The molecule has 0 amide bonds. The molecule has 2 N–H and O–H groups in total. The minimum Gasteiger partial charge on any atom is -0.451 e. The Kier molecular flexibility index (Phi) is 10.5. The molecule has 320 valence electrons. The van der Waals surface area contributed by atoms with E-state index in [1.54, 1.807) is 17.9 Å². The van der Waals surface area contributed by atoms with Crippen LogP contribution in [0, 0.1) is 6.92 Å². The number of aromatic nitrogens is 4. The molecule has 0 fully saturated rings. The Morgan fingerprint density at radius 2 is 1.30 bits per heavy atom. The highest BCUT2D eigenvalue weighted by molar-refractivity contribution is 7.92. The molecule has 7 rings (SSSR count). The van der Waals surface area contributed by atoms with Crippen molar-refractivity contribution in [2.75, 3.05) is 46.5 Å². The van der Waals surface area contributed by atoms with Gasteiger partial charge in [0.2, 0.25) is 25.9 Å². The number of sulfonamides is 2. The molecule has 5 aromatic rings. The van der Waals surface area contributed by atoms with Crippen molar-refractivity contribution in [3.05, 3.63) is 89.1 Å². The van der Waals surface area contributed by atoms with Gasteiger partial charge >= 0.3 is 18.5 Å². The molecule has 60 heavy (non-hydrogen) atoms. The monoisotopic (exact) mass is 890 g/mol. The molecular formula is C36H31F9N8O5S2. The molecule has 0 spiro atoms. The maximum absolute atomic E-state index is 14.2. The molecule has 0 radical (unpaired) electrons. The van der Waals surface area contributed by atoms with Crippen LogP contribution < -0.4 is 19.1 Å². The Morgan fingerprint density at radius 3 is 1.88 bits per heavy atom. The summed E-state index contributed by atoms with van der Waals surface area (Å²) >= 11 is 0. The third-order valence-electron chi connectivity index (χ3n) is 9.52. The minimum atomic E-state index is -4.98. The molecule has 0 aliphatic carbocycles. The maximum Gasteiger partial charge on any atom is 0.451 e. The van der Waals surface area contributed by atoms with Crippen LogP contribution in [0.4, 0.5) is 62.4 Å². The maximum atomic E-state index is 14.2. The van der Waals surface area contributed by atoms with E-state index in [2.05, 4.69) is 15.2 Å². The SMILES string of the molecule is Cc1cc2c(cc1-c1ccc(NS(C)(=O)=O)c(C(F)(F)F)c1)Oc1cc(-c3ccc(NS(C)(=O)=O)c(C(F)(F)F)c3)cnc1N2CCN1CCn2c(nnc2C(F)(F)F)C1. The van der Waals surface area contributed by atoms with Gasteiger partial charge in [-0.25, -0.2) is 21.8 Å². The first kappa shape index (κ1) is 42.5. The first-order valence-electron chi connectivity index (χ1n) is 17.5. The summed E-state index contributed by atoms with van der Waals surface area (Å²) in [5, 5.41) is 7.02. The van der Waals surface area contributed by atoms with E-state index >= 15 is 0 Å². The summed E-state index contributed by atoms with van der Waals surface area (Å²) in [5.74, 6) is -0.748. The van der Waals surface area contributed by atoms with E-state index in [1.165, 1.54) is 30.5 Å². The van der Waals surface area contributed by atoms with Gasteiger partial charge in [-0.1, -0.05) is 12.1 Å². The molecule has 0 atom stereocenters. The van der Waals surface area contributed by atoms with Crippen LogP contribution in [0.5, 0.6) is 11.5 Å². The number of anilines is 4. The lowest BCUT2D eigenvalue weighted by atomic mass is 9.96. The Bertz CT molecular complexity index is 2740. The Hall–Kier alpha value is -5.62. The van der Waals surface area contributed by atoms with Gasteiger partial charge in [0.15, 0.2) is 17.3 Å². The Labute approximate surface area is 335 Å². The van der Waals surface area contributed by atoms with Crippen LogP contribution in [0.2, 0.25) is 0 Å². The number of rotatable bonds is 9. The summed E-state index contributed by atoms with van der Waals surface area (Å²) in [5.41, 5.74) is -2.76. The number of ether oxygens (including phenoxy) is 1. The predicted octanol–water partition coefficient (Wildman–Crippen LogP) is 7.87. The number of halogens is 9. The van der Waals surface area contributed by atoms with Crippen LogP contribution in [0.25, 0.3) is 22.3 Å². The van der Waals surface area contributed by atoms with Crippen molar-refractivity contribution in [1.29, 1.82) is 0 Å². The lowest BCUT2D eigenvalue weighted by molar-refractivity contribution is -0.148. The zero-order valence-electron chi connectivity index (χ0n) is 31.3. The highest BCUT2D eigenvalue weighted by atomic mass is 32.2. The third-order valence-corrected chi connectivity index (χ3v) is 10.7. The van der Waals surface area contributed by atoms with Crippen molar-refractivity contribution in [2.45, 2.75) is 38.5 Å². The molecule has 24 heteroatoms. The summed E-state index contributed by atoms with van der Waals surface area (Å²) in [6.07, 6.45) is -12.0. The smallest absolute Gasteiger partial charge is 0.451 e. The number of alkyl halides is 9. The van der Waals surface area contributed by atoms with Gasteiger partial charge in [0.05, 0.1) is 47.2 Å². The number of benzene rings is 3. The molecule has 3 aromatic carbocycles. The van der Waals surface area contributed by atoms with E-state index < -0.39 is 66.9 Å². The molecule has 0 unspecified atom stereocenters. The predicted molar refractivity (Wildman–Crippen MR) is 201 cm³/mol. The average molecular weight is 891 g/mol. The molecule has 4 heterocycles. The van der Waals surface area contributed by atoms with Gasteiger partial charge in [0.1, 0.15) is 5.82 Å². The quantitative estimate of drug-likeness (QED) is 0.140. The highest BCUT2D eigenvalue weighted by Gasteiger charge is 2.40. The number of hydrogen-bond donors (Lipinski definition) is 2. The van der Waals surface area contributed by atoms with Gasteiger partial charge < -0.3 is 14.2 Å². The van der Waals surface area contributed by atoms with E-state index in [0.29, 0.717) is 23.8 Å². The average Bonchev–Trinajstić information content (AvgIpc) is 3.56. The van der Waals surface area contributed by atoms with Crippen LogP contribution in [0.3, 0.4) is 0 Å². The standard InChI is InChI=1S/C36H31F9N8O5S2/c1-19-12-28-29(16-23(19)21-5-7-27(50-60(3,56)57)25(14-21)35(40,41)42)58-30-15-22(20-4-6-26(49-59(2,54)55)24(13-20)34(37,38)39)17-46-32(30)52(28)10-8-51-9-11-53-31(18-51)47-48-33(53)36(43,44)45/h4-7,12-17,49-50H,8-11,18H2,1-3H3. The summed E-state index contributed by atoms with van der Waals surface area (Å²) in [7, 11) is -8.18. The van der Waals surface area contributed by atoms with Crippen LogP contribution >= 0.6 is 0 Å². The first-order valence-corrected chi connectivity index (χ1v) is 21.2. The molecule has 2 aliphatic heterocycles. The van der Waals surface area contributed by atoms with Crippen molar-refractivity contribution < 1.29 is 61.1 Å². The molecule has 2 aliphatic rings. The van der Waals surface area contributed by atoms with Crippen LogP contribution in [-0.4, -0.2) is 73.6 Å². The summed E-state index contributed by atoms with van der Waals surface area (Å²) < 4.78 is 184. The summed E-state index contributed by atoms with van der Waals surface area (Å²) in [4.78, 5) is 8.04. The van der Waals surface area contributed by atoms with E-state index in [1.807, 2.05) is 14.3 Å². The second-order valence-corrected chi connectivity index (χ2v) is 17.6. The topological polar surface area (TPSA) is 152 Å². The second kappa shape index (κ2) is 14.8. The van der Waals surface area contributed by atoms with Crippen LogP contribution in [-0.2, 0) is 51.7 Å². The number of aryl methyl sites for hydroxylation is 1. The zero-order chi connectivity index (χ0) is 43.7. The minimum absolute atomic E-state index is 0.00884. The first-order chi connectivity index (χ1) is 27.7. The summed E-state index contributed by atoms with van der Waals surface area (Å²) in [6.45, 7) is 2.07. The fourth-order valence-corrected chi connectivity index (χ4v) is 8.10. The Balaban J connectivity index is 1.29. The van der Waals surface area contributed by atoms with E-state index in [4.69, 9.17) is 4.74 Å². The highest BCUT2D eigenvalue weighted by Crippen LogP contribution is 2.50. The second-order valence-electron chi connectivity index (χ2n) is 14.1. The molecule has 0 saturated heterocycles. The fourth-order valence-electron chi connectivity index (χ4n) is 6.94. The molecular weight excluding hydrogens is 860 g/mol. The van der Waals surface area contributed by atoms with E-state index in [9.17, 15) is 56.3 Å². The van der Waals surface area contributed by atoms with Crippen LogP contribution in [0.1, 0.15) is 28.3 Å². The van der Waals surface area contributed by atoms with Crippen molar-refractivity contribution in [3.63, 3.8) is 0 Å². The number of hydrogen-bond acceptors (Lipinski definition) is 10. The third kappa shape index (κ3) is 8.94. The van der Waals surface area contributed by atoms with Crippen LogP contribution in [0.15, 0.2) is 60.8 Å². The number of nitrogens with one attached hydrogen (secondary N) is 2. The van der Waals surface area contributed by atoms with Crippen molar-refractivity contribution in [3.8, 4) is 33.8 Å². The van der Waals surface area contributed by atoms with E-state index in [-0.39, 0.29) is 78.1 Å². The van der Waals surface area contributed by atoms with Gasteiger partial charge in [0, 0.05) is 37.9 Å². The largest absolute Gasteiger partial charge is 0.451 e. The normalized spacial score (nSPS) is 14.9. The number of pyridine rings is 1.